The van der Waals surface area contributed by atoms with Crippen LogP contribution in [0.2, 0.25) is 0 Å². The van der Waals surface area contributed by atoms with Gasteiger partial charge in [-0.2, -0.15) is 0 Å². The maximum Gasteiger partial charge on any atom is 0.245 e. The Morgan fingerprint density at radius 3 is 2.48 bits per heavy atom. The molecule has 2 aliphatic rings. The lowest BCUT2D eigenvalue weighted by Gasteiger charge is -2.40. The Hall–Kier alpha value is -1.84. The smallest absolute Gasteiger partial charge is 0.245 e. The highest BCUT2D eigenvalue weighted by molar-refractivity contribution is 5.97. The normalized spacial score (nSPS) is 32.3. The van der Waals surface area contributed by atoms with Crippen molar-refractivity contribution < 1.29 is 9.59 Å². The predicted molar refractivity (Wildman–Crippen MR) is 80.7 cm³/mol. The lowest BCUT2D eigenvalue weighted by atomic mass is 9.96. The first kappa shape index (κ1) is 14.1. The van der Waals surface area contributed by atoms with Crippen LogP contribution in [0.4, 0.5) is 0 Å². The Kier molecular flexibility index (Phi) is 3.47. The van der Waals surface area contributed by atoms with E-state index in [1.807, 2.05) is 36.9 Å². The molecule has 112 valence electrons. The van der Waals surface area contributed by atoms with Gasteiger partial charge in [0.15, 0.2) is 0 Å². The van der Waals surface area contributed by atoms with Gasteiger partial charge in [0, 0.05) is 12.0 Å². The summed E-state index contributed by atoms with van der Waals surface area (Å²) in [5.74, 6) is 0.528. The topological polar surface area (TPSA) is 49.4 Å². The lowest BCUT2D eigenvalue weighted by molar-refractivity contribution is -0.151. The maximum absolute atomic E-state index is 12.6. The molecule has 1 heterocycles. The third kappa shape index (κ3) is 2.43. The van der Waals surface area contributed by atoms with Crippen LogP contribution < -0.4 is 5.32 Å². The van der Waals surface area contributed by atoms with Crippen LogP contribution in [-0.4, -0.2) is 34.8 Å². The largest absolute Gasteiger partial charge is 0.343 e. The van der Waals surface area contributed by atoms with E-state index in [4.69, 9.17) is 0 Å². The van der Waals surface area contributed by atoms with Crippen molar-refractivity contribution in [2.45, 2.75) is 51.2 Å². The average Bonchev–Trinajstić information content (AvgIpc) is 3.23. The van der Waals surface area contributed by atoms with Gasteiger partial charge in [0.05, 0.1) is 0 Å². The first-order valence-corrected chi connectivity index (χ1v) is 7.68. The number of hydrogen-bond acceptors (Lipinski definition) is 2. The number of benzene rings is 1. The van der Waals surface area contributed by atoms with E-state index >= 15 is 0 Å². The highest BCUT2D eigenvalue weighted by Crippen LogP contribution is 2.46. The Balaban J connectivity index is 1.85. The zero-order chi connectivity index (χ0) is 15.1. The quantitative estimate of drug-likeness (QED) is 0.923. The van der Waals surface area contributed by atoms with E-state index in [2.05, 4.69) is 17.4 Å². The SMILES string of the molecule is CC1NC(=O)C(C(C)C)N(C2CC2c2ccccc2)C1=O. The van der Waals surface area contributed by atoms with Crippen molar-refractivity contribution in [3.63, 3.8) is 0 Å². The highest BCUT2D eigenvalue weighted by Gasteiger charge is 2.52. The molecular weight excluding hydrogens is 264 g/mol. The van der Waals surface area contributed by atoms with Crippen LogP contribution in [0.1, 0.15) is 38.7 Å². The molecule has 4 atom stereocenters. The lowest BCUT2D eigenvalue weighted by Crippen LogP contribution is -2.64. The average molecular weight is 286 g/mol. The zero-order valence-electron chi connectivity index (χ0n) is 12.7. The van der Waals surface area contributed by atoms with Gasteiger partial charge in [0.1, 0.15) is 12.1 Å². The molecule has 1 aliphatic heterocycles. The first-order chi connectivity index (χ1) is 10.0. The van der Waals surface area contributed by atoms with Crippen LogP contribution in [0, 0.1) is 5.92 Å². The number of piperazine rings is 1. The zero-order valence-corrected chi connectivity index (χ0v) is 12.7. The van der Waals surface area contributed by atoms with Gasteiger partial charge in [-0.3, -0.25) is 9.59 Å². The summed E-state index contributed by atoms with van der Waals surface area (Å²) in [7, 11) is 0. The van der Waals surface area contributed by atoms with Crippen LogP contribution >= 0.6 is 0 Å². The van der Waals surface area contributed by atoms with Gasteiger partial charge in [-0.05, 0) is 24.8 Å². The van der Waals surface area contributed by atoms with Crippen molar-refractivity contribution in [3.8, 4) is 0 Å². The first-order valence-electron chi connectivity index (χ1n) is 7.68. The second kappa shape index (κ2) is 5.17. The van der Waals surface area contributed by atoms with E-state index < -0.39 is 6.04 Å². The summed E-state index contributed by atoms with van der Waals surface area (Å²) in [6, 6.07) is 9.67. The van der Waals surface area contributed by atoms with Gasteiger partial charge in [-0.1, -0.05) is 44.2 Å². The predicted octanol–water partition coefficient (Wildman–Crippen LogP) is 1.91. The summed E-state index contributed by atoms with van der Waals surface area (Å²) in [4.78, 5) is 26.7. The minimum absolute atomic E-state index is 0.0178. The summed E-state index contributed by atoms with van der Waals surface area (Å²) in [5.41, 5.74) is 1.26. The molecule has 0 aromatic heterocycles. The van der Waals surface area contributed by atoms with E-state index in [9.17, 15) is 9.59 Å². The van der Waals surface area contributed by atoms with Gasteiger partial charge < -0.3 is 10.2 Å². The molecule has 1 aromatic rings. The third-order valence-corrected chi connectivity index (χ3v) is 4.53. The van der Waals surface area contributed by atoms with Crippen molar-refractivity contribution in [1.82, 2.24) is 10.2 Å². The molecular formula is C17H22N2O2. The maximum atomic E-state index is 12.6. The van der Waals surface area contributed by atoms with E-state index in [1.165, 1.54) is 5.56 Å². The molecule has 0 spiro atoms. The van der Waals surface area contributed by atoms with Gasteiger partial charge in [0.2, 0.25) is 11.8 Å². The summed E-state index contributed by atoms with van der Waals surface area (Å²) >= 11 is 0. The van der Waals surface area contributed by atoms with Crippen molar-refractivity contribution in [2.24, 2.45) is 5.92 Å². The fourth-order valence-corrected chi connectivity index (χ4v) is 3.39. The molecule has 4 unspecified atom stereocenters. The van der Waals surface area contributed by atoms with Crippen molar-refractivity contribution in [1.29, 1.82) is 0 Å². The molecule has 2 fully saturated rings. The van der Waals surface area contributed by atoms with Crippen LogP contribution in [0.3, 0.4) is 0 Å². The van der Waals surface area contributed by atoms with Crippen molar-refractivity contribution in [2.75, 3.05) is 0 Å². The molecule has 2 amide bonds. The van der Waals surface area contributed by atoms with Crippen LogP contribution in [0.25, 0.3) is 0 Å². The molecule has 1 saturated heterocycles. The second-order valence-corrected chi connectivity index (χ2v) is 6.48. The number of carbonyl (C=O) groups excluding carboxylic acids is 2. The second-order valence-electron chi connectivity index (χ2n) is 6.48. The molecule has 1 aliphatic carbocycles. The number of hydrogen-bond donors (Lipinski definition) is 1. The third-order valence-electron chi connectivity index (χ3n) is 4.53. The van der Waals surface area contributed by atoms with Crippen LogP contribution in [-0.2, 0) is 9.59 Å². The number of amides is 2. The number of carbonyl (C=O) groups is 2. The molecule has 1 saturated carbocycles. The van der Waals surface area contributed by atoms with Crippen molar-refractivity contribution >= 4 is 11.8 Å². The van der Waals surface area contributed by atoms with E-state index in [0.29, 0.717) is 5.92 Å². The molecule has 1 aromatic carbocycles. The molecule has 3 rings (SSSR count). The monoisotopic (exact) mass is 286 g/mol. The molecule has 0 bridgehead atoms. The van der Waals surface area contributed by atoms with Crippen molar-refractivity contribution in [3.05, 3.63) is 35.9 Å². The number of rotatable bonds is 3. The Morgan fingerprint density at radius 2 is 1.86 bits per heavy atom. The van der Waals surface area contributed by atoms with Gasteiger partial charge in [0.25, 0.3) is 0 Å². The minimum atomic E-state index is -0.412. The fraction of sp³-hybridized carbons (Fsp3) is 0.529. The molecule has 21 heavy (non-hydrogen) atoms. The van der Waals surface area contributed by atoms with Gasteiger partial charge in [-0.15, -0.1) is 0 Å². The Labute approximate surface area is 125 Å². The standard InChI is InChI=1S/C17H22N2O2/c1-10(2)15-16(20)18-11(3)17(21)19(15)14-9-13(14)12-7-5-4-6-8-12/h4-8,10-11,13-15H,9H2,1-3H3,(H,18,20). The summed E-state index contributed by atoms with van der Waals surface area (Å²) in [5, 5.41) is 2.80. The summed E-state index contributed by atoms with van der Waals surface area (Å²) < 4.78 is 0. The Morgan fingerprint density at radius 1 is 1.19 bits per heavy atom. The highest BCUT2D eigenvalue weighted by atomic mass is 16.2. The van der Waals surface area contributed by atoms with Crippen LogP contribution in [0.15, 0.2) is 30.3 Å². The molecule has 4 nitrogen and oxygen atoms in total. The van der Waals surface area contributed by atoms with E-state index in [0.717, 1.165) is 6.42 Å². The van der Waals surface area contributed by atoms with E-state index in [1.54, 1.807) is 6.92 Å². The number of nitrogens with one attached hydrogen (secondary N) is 1. The summed E-state index contributed by atoms with van der Waals surface area (Å²) in [6.07, 6.45) is 0.957. The fourth-order valence-electron chi connectivity index (χ4n) is 3.39. The van der Waals surface area contributed by atoms with Gasteiger partial charge >= 0.3 is 0 Å². The molecule has 0 radical (unpaired) electrons. The Bertz CT molecular complexity index is 555. The molecule has 4 heteroatoms. The van der Waals surface area contributed by atoms with Crippen LogP contribution in [0.5, 0.6) is 0 Å². The minimum Gasteiger partial charge on any atom is -0.343 e. The summed E-state index contributed by atoms with van der Waals surface area (Å²) in [6.45, 7) is 5.77. The van der Waals surface area contributed by atoms with Gasteiger partial charge in [-0.25, -0.2) is 0 Å². The van der Waals surface area contributed by atoms with E-state index in [-0.39, 0.29) is 29.8 Å². The number of nitrogens with zero attached hydrogens (tertiary/aromatic N) is 1. The molecule has 1 N–H and O–H groups in total.